The first-order valence-electron chi connectivity index (χ1n) is 7.05. The minimum Gasteiger partial charge on any atom is -0.497 e. The molecule has 1 aliphatic rings. The van der Waals surface area contributed by atoms with E-state index in [0.29, 0.717) is 11.7 Å². The molecule has 1 heterocycles. The van der Waals surface area contributed by atoms with Gasteiger partial charge in [-0.1, -0.05) is 0 Å². The summed E-state index contributed by atoms with van der Waals surface area (Å²) < 4.78 is 34.1. The molecule has 22 heavy (non-hydrogen) atoms. The number of ether oxygens (including phenoxy) is 1. The fourth-order valence-electron chi connectivity index (χ4n) is 2.61. The van der Waals surface area contributed by atoms with Gasteiger partial charge in [0.15, 0.2) is 0 Å². The van der Waals surface area contributed by atoms with E-state index in [1.165, 1.54) is 6.33 Å². The average molecular weight is 322 g/mol. The Kier molecular flexibility index (Phi) is 4.12. The molecule has 1 aliphatic carbocycles. The van der Waals surface area contributed by atoms with Crippen LogP contribution >= 0.6 is 0 Å². The molecule has 1 aromatic heterocycles. The second kappa shape index (κ2) is 6.05. The lowest BCUT2D eigenvalue weighted by molar-refractivity contribution is 0.213. The van der Waals surface area contributed by atoms with Gasteiger partial charge in [-0.25, -0.2) is 18.1 Å². The van der Waals surface area contributed by atoms with Crippen molar-refractivity contribution in [3.8, 4) is 5.75 Å². The van der Waals surface area contributed by atoms with Gasteiger partial charge in [-0.2, -0.15) is 5.10 Å². The van der Waals surface area contributed by atoms with Gasteiger partial charge >= 0.3 is 0 Å². The molecule has 0 atom stereocenters. The van der Waals surface area contributed by atoms with Crippen molar-refractivity contribution in [2.24, 2.45) is 5.92 Å². The lowest BCUT2D eigenvalue weighted by Crippen LogP contribution is -2.45. The first-order chi connectivity index (χ1) is 10.6. The molecule has 0 unspecified atom stereocenters. The monoisotopic (exact) mass is 322 g/mol. The van der Waals surface area contributed by atoms with Crippen molar-refractivity contribution < 1.29 is 13.2 Å². The summed E-state index contributed by atoms with van der Waals surface area (Å²) in [6.45, 7) is 0.779. The zero-order valence-electron chi connectivity index (χ0n) is 12.2. The van der Waals surface area contributed by atoms with E-state index in [2.05, 4.69) is 14.8 Å². The van der Waals surface area contributed by atoms with E-state index >= 15 is 0 Å². The Balaban J connectivity index is 1.54. The van der Waals surface area contributed by atoms with E-state index in [9.17, 15) is 8.42 Å². The molecular weight excluding hydrogens is 304 g/mol. The number of aromatic nitrogens is 3. The summed E-state index contributed by atoms with van der Waals surface area (Å²) in [6.07, 6.45) is 4.81. The van der Waals surface area contributed by atoms with Crippen LogP contribution in [0.1, 0.15) is 12.8 Å². The van der Waals surface area contributed by atoms with Crippen molar-refractivity contribution in [3.63, 3.8) is 0 Å². The van der Waals surface area contributed by atoms with Gasteiger partial charge in [-0.15, -0.1) is 0 Å². The zero-order chi connectivity index (χ0) is 15.6. The largest absolute Gasteiger partial charge is 0.497 e. The van der Waals surface area contributed by atoms with E-state index in [4.69, 9.17) is 4.74 Å². The summed E-state index contributed by atoms with van der Waals surface area (Å²) in [5.41, 5.74) is 0. The van der Waals surface area contributed by atoms with Crippen molar-refractivity contribution in [2.75, 3.05) is 7.11 Å². The van der Waals surface area contributed by atoms with E-state index in [1.807, 2.05) is 0 Å². The topological polar surface area (TPSA) is 86.1 Å². The van der Waals surface area contributed by atoms with Gasteiger partial charge in [-0.05, 0) is 43.0 Å². The summed E-state index contributed by atoms with van der Waals surface area (Å²) in [6, 6.07) is 6.37. The molecule has 7 nitrogen and oxygen atoms in total. The third kappa shape index (κ3) is 3.28. The standard InChI is InChI=1S/C14H18N4O3S/c1-21-13-2-4-14(5-3-13)22(19,20)17-12-6-11(7-12)8-18-10-15-9-16-18/h2-5,9-12,17H,6-8H2,1H3. The number of rotatable bonds is 6. The number of nitrogens with one attached hydrogen (secondary N) is 1. The highest BCUT2D eigenvalue weighted by molar-refractivity contribution is 7.89. The van der Waals surface area contributed by atoms with Crippen LogP contribution in [-0.2, 0) is 16.6 Å². The normalized spacial score (nSPS) is 21.3. The molecule has 1 N–H and O–H groups in total. The maximum absolute atomic E-state index is 12.3. The molecule has 118 valence electrons. The molecule has 0 amide bonds. The van der Waals surface area contributed by atoms with Crippen LogP contribution in [0.3, 0.4) is 0 Å². The first-order valence-corrected chi connectivity index (χ1v) is 8.54. The lowest BCUT2D eigenvalue weighted by Gasteiger charge is -2.35. The molecule has 3 rings (SSSR count). The third-order valence-corrected chi connectivity index (χ3v) is 5.38. The third-order valence-electron chi connectivity index (χ3n) is 3.84. The highest BCUT2D eigenvalue weighted by Gasteiger charge is 2.32. The van der Waals surface area contributed by atoms with Gasteiger partial charge < -0.3 is 4.74 Å². The predicted molar refractivity (Wildman–Crippen MR) is 79.8 cm³/mol. The van der Waals surface area contributed by atoms with Crippen LogP contribution in [0, 0.1) is 5.92 Å². The fraction of sp³-hybridized carbons (Fsp3) is 0.429. The van der Waals surface area contributed by atoms with E-state index < -0.39 is 10.0 Å². The van der Waals surface area contributed by atoms with Gasteiger partial charge in [0, 0.05) is 12.6 Å². The molecule has 0 radical (unpaired) electrons. The zero-order valence-corrected chi connectivity index (χ0v) is 13.0. The Hall–Kier alpha value is -1.93. The predicted octanol–water partition coefficient (Wildman–Crippen LogP) is 1.04. The molecule has 1 fully saturated rings. The number of hydrogen-bond donors (Lipinski definition) is 1. The van der Waals surface area contributed by atoms with Crippen LogP contribution in [0.25, 0.3) is 0 Å². The second-order valence-corrected chi connectivity index (χ2v) is 7.16. The van der Waals surface area contributed by atoms with Crippen molar-refractivity contribution >= 4 is 10.0 Å². The molecule has 0 aliphatic heterocycles. The summed E-state index contributed by atoms with van der Waals surface area (Å²) in [5, 5.41) is 4.06. The smallest absolute Gasteiger partial charge is 0.240 e. The average Bonchev–Trinajstić information content (AvgIpc) is 2.98. The molecule has 2 aromatic rings. The van der Waals surface area contributed by atoms with Crippen molar-refractivity contribution in [1.82, 2.24) is 19.5 Å². The van der Waals surface area contributed by atoms with Crippen LogP contribution in [0.4, 0.5) is 0 Å². The number of methoxy groups -OCH3 is 1. The van der Waals surface area contributed by atoms with Gasteiger partial charge in [0.2, 0.25) is 10.0 Å². The highest BCUT2D eigenvalue weighted by atomic mass is 32.2. The van der Waals surface area contributed by atoms with E-state index in [0.717, 1.165) is 19.4 Å². The minimum absolute atomic E-state index is 0.0133. The van der Waals surface area contributed by atoms with Crippen molar-refractivity contribution in [2.45, 2.75) is 30.3 Å². The minimum atomic E-state index is -3.47. The molecule has 0 spiro atoms. The molecule has 8 heteroatoms. The number of nitrogens with zero attached hydrogens (tertiary/aromatic N) is 3. The van der Waals surface area contributed by atoms with E-state index in [1.54, 1.807) is 42.4 Å². The Morgan fingerprint density at radius 3 is 2.64 bits per heavy atom. The number of hydrogen-bond acceptors (Lipinski definition) is 5. The first kappa shape index (κ1) is 15.0. The molecule has 1 aromatic carbocycles. The molecule has 0 saturated heterocycles. The molecule has 0 bridgehead atoms. The highest BCUT2D eigenvalue weighted by Crippen LogP contribution is 2.30. The van der Waals surface area contributed by atoms with E-state index in [-0.39, 0.29) is 10.9 Å². The van der Waals surface area contributed by atoms with Crippen LogP contribution in [0.15, 0.2) is 41.8 Å². The molecular formula is C14H18N4O3S. The summed E-state index contributed by atoms with van der Waals surface area (Å²) in [4.78, 5) is 4.15. The van der Waals surface area contributed by atoms with Crippen molar-refractivity contribution in [1.29, 1.82) is 0 Å². The van der Waals surface area contributed by atoms with Gasteiger partial charge in [0.1, 0.15) is 18.4 Å². The maximum atomic E-state index is 12.3. The Labute approximate surface area is 129 Å². The maximum Gasteiger partial charge on any atom is 0.240 e. The van der Waals surface area contributed by atoms with Gasteiger partial charge in [-0.3, -0.25) is 4.68 Å². The molecule has 1 saturated carbocycles. The van der Waals surface area contributed by atoms with Gasteiger partial charge in [0.25, 0.3) is 0 Å². The lowest BCUT2D eigenvalue weighted by atomic mass is 9.81. The number of benzene rings is 1. The Morgan fingerprint density at radius 2 is 2.05 bits per heavy atom. The fourth-order valence-corrected chi connectivity index (χ4v) is 3.88. The summed E-state index contributed by atoms with van der Waals surface area (Å²) >= 11 is 0. The SMILES string of the molecule is COc1ccc(S(=O)(=O)NC2CC(Cn3cncn3)C2)cc1. The van der Waals surface area contributed by atoms with Gasteiger partial charge in [0.05, 0.1) is 12.0 Å². The van der Waals surface area contributed by atoms with Crippen LogP contribution < -0.4 is 9.46 Å². The quantitative estimate of drug-likeness (QED) is 0.859. The summed E-state index contributed by atoms with van der Waals surface area (Å²) in [5.74, 6) is 1.07. The Bertz CT molecular complexity index is 707. The van der Waals surface area contributed by atoms with Crippen LogP contribution in [0.2, 0.25) is 0 Å². The van der Waals surface area contributed by atoms with Crippen molar-refractivity contribution in [3.05, 3.63) is 36.9 Å². The Morgan fingerprint density at radius 1 is 1.32 bits per heavy atom. The van der Waals surface area contributed by atoms with Crippen LogP contribution in [-0.4, -0.2) is 36.3 Å². The second-order valence-electron chi connectivity index (χ2n) is 5.45. The van der Waals surface area contributed by atoms with Crippen LogP contribution in [0.5, 0.6) is 5.75 Å². The number of sulfonamides is 1. The summed E-state index contributed by atoms with van der Waals surface area (Å²) in [7, 11) is -1.92.